The average molecular weight is 476 g/mol. The Morgan fingerprint density at radius 2 is 1.50 bits per heavy atom. The number of amides is 2. The van der Waals surface area contributed by atoms with E-state index in [1.165, 1.54) is 46.6 Å². The highest BCUT2D eigenvalue weighted by Crippen LogP contribution is 2.38. The molecule has 0 bridgehead atoms. The van der Waals surface area contributed by atoms with Crippen LogP contribution >= 0.6 is 0 Å². The maximum atomic E-state index is 13.9. The molecule has 9 nitrogen and oxygen atoms in total. The number of halogens is 1. The van der Waals surface area contributed by atoms with E-state index >= 15 is 0 Å². The Morgan fingerprint density at radius 3 is 2.03 bits per heavy atom. The van der Waals surface area contributed by atoms with Gasteiger partial charge in [-0.15, -0.1) is 0 Å². The molecule has 2 amide bonds. The number of nitrogens with zero attached hydrogens (tertiary/aromatic N) is 2. The molecule has 2 aromatic carbocycles. The van der Waals surface area contributed by atoms with Crippen molar-refractivity contribution in [3.05, 3.63) is 47.3 Å². The summed E-state index contributed by atoms with van der Waals surface area (Å²) in [6.07, 6.45) is 0. The first-order valence-corrected chi connectivity index (χ1v) is 10.8. The predicted molar refractivity (Wildman–Crippen MR) is 123 cm³/mol. The van der Waals surface area contributed by atoms with E-state index in [1.54, 1.807) is 11.0 Å². The van der Waals surface area contributed by atoms with Crippen molar-refractivity contribution in [3.63, 3.8) is 0 Å². The van der Waals surface area contributed by atoms with Crippen molar-refractivity contribution in [3.8, 4) is 23.0 Å². The number of hydrogen-bond donors (Lipinski definition) is 1. The number of hydrogen-bond acceptors (Lipinski definition) is 7. The molecule has 1 heterocycles. The summed E-state index contributed by atoms with van der Waals surface area (Å²) in [7, 11) is 5.84. The third-order valence-corrected chi connectivity index (χ3v) is 5.67. The van der Waals surface area contributed by atoms with Gasteiger partial charge in [-0.3, -0.25) is 14.5 Å². The topological polar surface area (TPSA) is 89.6 Å². The van der Waals surface area contributed by atoms with Gasteiger partial charge in [-0.2, -0.15) is 0 Å². The maximum Gasteiger partial charge on any atom is 0.251 e. The summed E-state index contributed by atoms with van der Waals surface area (Å²) in [6.45, 7) is 2.81. The summed E-state index contributed by atoms with van der Waals surface area (Å²) >= 11 is 0. The number of benzene rings is 2. The normalized spacial score (nSPS) is 13.9. The largest absolute Gasteiger partial charge is 0.494 e. The minimum atomic E-state index is -0.423. The van der Waals surface area contributed by atoms with Gasteiger partial charge in [-0.1, -0.05) is 6.07 Å². The van der Waals surface area contributed by atoms with Gasteiger partial charge in [0.25, 0.3) is 5.91 Å². The molecule has 1 N–H and O–H groups in total. The summed E-state index contributed by atoms with van der Waals surface area (Å²) in [5, 5.41) is 2.66. The van der Waals surface area contributed by atoms with E-state index in [-0.39, 0.29) is 18.2 Å². The van der Waals surface area contributed by atoms with E-state index in [0.717, 1.165) is 5.56 Å². The lowest BCUT2D eigenvalue weighted by molar-refractivity contribution is -0.131. The second-order valence-electron chi connectivity index (χ2n) is 7.72. The fourth-order valence-corrected chi connectivity index (χ4v) is 3.80. The van der Waals surface area contributed by atoms with Crippen molar-refractivity contribution in [2.75, 3.05) is 61.2 Å². The van der Waals surface area contributed by atoms with E-state index in [0.29, 0.717) is 55.5 Å². The van der Waals surface area contributed by atoms with E-state index in [4.69, 9.17) is 18.9 Å². The van der Waals surface area contributed by atoms with Crippen LogP contribution in [0, 0.1) is 5.82 Å². The Balaban J connectivity index is 1.51. The predicted octanol–water partition coefficient (Wildman–Crippen LogP) is 1.93. The summed E-state index contributed by atoms with van der Waals surface area (Å²) in [4.78, 5) is 29.1. The SMILES string of the molecule is COc1ccc(CN2CCN(C(=O)CNC(=O)c3cc(OC)c(OC)c(OC)c3)CC2)cc1F. The van der Waals surface area contributed by atoms with Gasteiger partial charge < -0.3 is 29.2 Å². The van der Waals surface area contributed by atoms with Crippen LogP contribution in [0.2, 0.25) is 0 Å². The number of piperazine rings is 1. The van der Waals surface area contributed by atoms with Gasteiger partial charge in [0.2, 0.25) is 11.7 Å². The second kappa shape index (κ2) is 11.6. The van der Waals surface area contributed by atoms with Gasteiger partial charge in [0, 0.05) is 38.3 Å². The number of carbonyl (C=O) groups excluding carboxylic acids is 2. The first kappa shape index (κ1) is 25.1. The number of carbonyl (C=O) groups is 2. The fourth-order valence-electron chi connectivity index (χ4n) is 3.80. The molecule has 0 radical (unpaired) electrons. The van der Waals surface area contributed by atoms with Crippen LogP contribution in [0.25, 0.3) is 0 Å². The molecular weight excluding hydrogens is 445 g/mol. The number of rotatable bonds is 9. The zero-order valence-corrected chi connectivity index (χ0v) is 19.9. The van der Waals surface area contributed by atoms with E-state index in [2.05, 4.69) is 10.2 Å². The molecule has 2 aromatic rings. The van der Waals surface area contributed by atoms with Crippen LogP contribution in [-0.4, -0.2) is 82.8 Å². The zero-order chi connectivity index (χ0) is 24.7. The van der Waals surface area contributed by atoms with Gasteiger partial charge in [0.05, 0.1) is 35.0 Å². The smallest absolute Gasteiger partial charge is 0.251 e. The first-order chi connectivity index (χ1) is 16.4. The molecule has 0 unspecified atom stereocenters. The molecule has 1 saturated heterocycles. The van der Waals surface area contributed by atoms with Crippen molar-refractivity contribution in [1.82, 2.24) is 15.1 Å². The lowest BCUT2D eigenvalue weighted by atomic mass is 10.1. The Labute approximate surface area is 198 Å². The molecule has 0 saturated carbocycles. The molecular formula is C24H30FN3O6. The van der Waals surface area contributed by atoms with Gasteiger partial charge in [-0.25, -0.2) is 4.39 Å². The minimum absolute atomic E-state index is 0.126. The molecule has 0 aromatic heterocycles. The van der Waals surface area contributed by atoms with Crippen molar-refractivity contribution in [2.24, 2.45) is 0 Å². The Hall–Kier alpha value is -3.53. The quantitative estimate of drug-likeness (QED) is 0.593. The molecule has 10 heteroatoms. The van der Waals surface area contributed by atoms with Crippen LogP contribution in [0.15, 0.2) is 30.3 Å². The average Bonchev–Trinajstić information content (AvgIpc) is 2.86. The molecule has 0 spiro atoms. The molecule has 3 rings (SSSR count). The van der Waals surface area contributed by atoms with Crippen molar-refractivity contribution >= 4 is 11.8 Å². The lowest BCUT2D eigenvalue weighted by Crippen LogP contribution is -2.50. The van der Waals surface area contributed by atoms with Crippen LogP contribution in [0.3, 0.4) is 0 Å². The molecule has 1 aliphatic heterocycles. The van der Waals surface area contributed by atoms with Gasteiger partial charge in [0.1, 0.15) is 0 Å². The third kappa shape index (κ3) is 5.88. The zero-order valence-electron chi connectivity index (χ0n) is 19.9. The van der Waals surface area contributed by atoms with Crippen LogP contribution in [-0.2, 0) is 11.3 Å². The van der Waals surface area contributed by atoms with E-state index in [9.17, 15) is 14.0 Å². The van der Waals surface area contributed by atoms with E-state index in [1.807, 2.05) is 6.07 Å². The number of nitrogens with one attached hydrogen (secondary N) is 1. The van der Waals surface area contributed by atoms with E-state index < -0.39 is 11.7 Å². The van der Waals surface area contributed by atoms with Crippen LogP contribution in [0.1, 0.15) is 15.9 Å². The summed E-state index contributed by atoms with van der Waals surface area (Å²) in [6, 6.07) is 7.97. The Kier molecular flexibility index (Phi) is 8.53. The third-order valence-electron chi connectivity index (χ3n) is 5.67. The Morgan fingerprint density at radius 1 is 0.882 bits per heavy atom. The minimum Gasteiger partial charge on any atom is -0.494 e. The number of methoxy groups -OCH3 is 4. The standard InChI is InChI=1S/C24H30FN3O6/c1-31-19-6-5-16(11-18(19)25)15-27-7-9-28(10-8-27)22(29)14-26-24(30)17-12-20(32-2)23(34-4)21(13-17)33-3/h5-6,11-13H,7-10,14-15H2,1-4H3,(H,26,30). The monoisotopic (exact) mass is 475 g/mol. The lowest BCUT2D eigenvalue weighted by Gasteiger charge is -2.34. The molecule has 0 atom stereocenters. The first-order valence-electron chi connectivity index (χ1n) is 10.8. The van der Waals surface area contributed by atoms with Crippen molar-refractivity contribution < 1.29 is 32.9 Å². The van der Waals surface area contributed by atoms with Crippen LogP contribution < -0.4 is 24.3 Å². The van der Waals surface area contributed by atoms with Crippen LogP contribution in [0.4, 0.5) is 4.39 Å². The van der Waals surface area contributed by atoms with Gasteiger partial charge in [0.15, 0.2) is 23.1 Å². The Bertz CT molecular complexity index is 999. The highest BCUT2D eigenvalue weighted by Gasteiger charge is 2.23. The van der Waals surface area contributed by atoms with Crippen LogP contribution in [0.5, 0.6) is 23.0 Å². The molecule has 34 heavy (non-hydrogen) atoms. The summed E-state index contributed by atoms with van der Waals surface area (Å²) in [5.74, 6) is 0.318. The summed E-state index contributed by atoms with van der Waals surface area (Å²) in [5.41, 5.74) is 1.13. The molecule has 1 fully saturated rings. The highest BCUT2D eigenvalue weighted by atomic mass is 19.1. The highest BCUT2D eigenvalue weighted by molar-refractivity contribution is 5.97. The van der Waals surface area contributed by atoms with Crippen molar-refractivity contribution in [2.45, 2.75) is 6.54 Å². The molecule has 0 aliphatic carbocycles. The number of ether oxygens (including phenoxy) is 4. The summed E-state index contributed by atoms with van der Waals surface area (Å²) < 4.78 is 34.7. The van der Waals surface area contributed by atoms with Gasteiger partial charge in [-0.05, 0) is 29.8 Å². The van der Waals surface area contributed by atoms with Crippen molar-refractivity contribution in [1.29, 1.82) is 0 Å². The maximum absolute atomic E-state index is 13.9. The fraction of sp³-hybridized carbons (Fsp3) is 0.417. The molecule has 1 aliphatic rings. The molecule has 184 valence electrons. The van der Waals surface area contributed by atoms with Gasteiger partial charge >= 0.3 is 0 Å². The second-order valence-corrected chi connectivity index (χ2v) is 7.72.